The molecule has 5 nitrogen and oxygen atoms in total. The first-order valence-electron chi connectivity index (χ1n) is 3.40. The predicted octanol–water partition coefficient (Wildman–Crippen LogP) is -1.68. The van der Waals surface area contributed by atoms with Gasteiger partial charge in [0, 0.05) is 0 Å². The molecule has 5 heteroatoms. The highest BCUT2D eigenvalue weighted by Crippen LogP contribution is 1.87. The highest BCUT2D eigenvalue weighted by Gasteiger charge is 2.01. The van der Waals surface area contributed by atoms with Crippen LogP contribution in [0, 0.1) is 0 Å². The molecule has 11 heavy (non-hydrogen) atoms. The smallest absolute Gasteiger partial charge is 0.178 e. The highest BCUT2D eigenvalue weighted by molar-refractivity contribution is 4.37. The van der Waals surface area contributed by atoms with Crippen molar-refractivity contribution in [1.29, 1.82) is 0 Å². The lowest BCUT2D eigenvalue weighted by molar-refractivity contribution is -0.144. The van der Waals surface area contributed by atoms with Crippen molar-refractivity contribution in [3.63, 3.8) is 0 Å². The van der Waals surface area contributed by atoms with Crippen molar-refractivity contribution in [1.82, 2.24) is 0 Å². The molecule has 0 saturated carbocycles. The van der Waals surface area contributed by atoms with Gasteiger partial charge in [-0.05, 0) is 0 Å². The van der Waals surface area contributed by atoms with Gasteiger partial charge in [0.2, 0.25) is 0 Å². The standard InChI is InChI=1S/C6H14O5/c7-1-3-10-5-6(9)11-4-2-8/h6-9H,1-5H2. The van der Waals surface area contributed by atoms with E-state index in [1.54, 1.807) is 0 Å². The maximum absolute atomic E-state index is 8.87. The van der Waals surface area contributed by atoms with Crippen LogP contribution in [0.4, 0.5) is 0 Å². The molecule has 0 aliphatic rings. The Labute approximate surface area is 65.2 Å². The molecule has 68 valence electrons. The van der Waals surface area contributed by atoms with Crippen molar-refractivity contribution in [2.24, 2.45) is 0 Å². The summed E-state index contributed by atoms with van der Waals surface area (Å²) in [5.41, 5.74) is 0. The third kappa shape index (κ3) is 7.70. The Balaban J connectivity index is 3.02. The van der Waals surface area contributed by atoms with Crippen LogP contribution in [0.5, 0.6) is 0 Å². The van der Waals surface area contributed by atoms with Gasteiger partial charge >= 0.3 is 0 Å². The van der Waals surface area contributed by atoms with Crippen LogP contribution in [0.25, 0.3) is 0 Å². The van der Waals surface area contributed by atoms with E-state index in [9.17, 15) is 0 Å². The number of ether oxygens (including phenoxy) is 2. The van der Waals surface area contributed by atoms with Crippen molar-refractivity contribution >= 4 is 0 Å². The van der Waals surface area contributed by atoms with E-state index in [4.69, 9.17) is 20.1 Å². The molecule has 0 saturated heterocycles. The summed E-state index contributed by atoms with van der Waals surface area (Å²) in [7, 11) is 0. The molecule has 0 aliphatic heterocycles. The van der Waals surface area contributed by atoms with E-state index < -0.39 is 6.29 Å². The van der Waals surface area contributed by atoms with E-state index in [0.29, 0.717) is 0 Å². The second-order valence-electron chi connectivity index (χ2n) is 1.85. The fourth-order valence-corrected chi connectivity index (χ4v) is 0.486. The van der Waals surface area contributed by atoms with Crippen LogP contribution in [-0.2, 0) is 9.47 Å². The first kappa shape index (κ1) is 10.8. The van der Waals surface area contributed by atoms with Crippen LogP contribution in [0.15, 0.2) is 0 Å². The maximum Gasteiger partial charge on any atom is 0.178 e. The van der Waals surface area contributed by atoms with Gasteiger partial charge in [0.25, 0.3) is 0 Å². The predicted molar refractivity (Wildman–Crippen MR) is 36.9 cm³/mol. The largest absolute Gasteiger partial charge is 0.394 e. The fourth-order valence-electron chi connectivity index (χ4n) is 0.486. The van der Waals surface area contributed by atoms with Crippen molar-refractivity contribution in [3.05, 3.63) is 0 Å². The Kier molecular flexibility index (Phi) is 7.76. The lowest BCUT2D eigenvalue weighted by Crippen LogP contribution is -2.21. The minimum Gasteiger partial charge on any atom is -0.394 e. The number of aliphatic hydroxyl groups is 3. The Morgan fingerprint density at radius 1 is 1.09 bits per heavy atom. The van der Waals surface area contributed by atoms with E-state index in [0.717, 1.165) is 0 Å². The molecule has 0 rings (SSSR count). The maximum atomic E-state index is 8.87. The van der Waals surface area contributed by atoms with Crippen molar-refractivity contribution in [2.75, 3.05) is 33.0 Å². The number of aliphatic hydroxyl groups excluding tert-OH is 3. The molecular weight excluding hydrogens is 152 g/mol. The number of hydrogen-bond donors (Lipinski definition) is 3. The van der Waals surface area contributed by atoms with E-state index >= 15 is 0 Å². The van der Waals surface area contributed by atoms with E-state index in [1.165, 1.54) is 0 Å². The summed E-state index contributed by atoms with van der Waals surface area (Å²) in [4.78, 5) is 0. The molecule has 0 aromatic carbocycles. The summed E-state index contributed by atoms with van der Waals surface area (Å²) in [5.74, 6) is 0. The lowest BCUT2D eigenvalue weighted by Gasteiger charge is -2.10. The minimum absolute atomic E-state index is 0.0144. The summed E-state index contributed by atoms with van der Waals surface area (Å²) in [6, 6.07) is 0. The Hall–Kier alpha value is -0.200. The van der Waals surface area contributed by atoms with Gasteiger partial charge in [0.15, 0.2) is 6.29 Å². The van der Waals surface area contributed by atoms with Gasteiger partial charge in [-0.2, -0.15) is 0 Å². The first-order chi connectivity index (χ1) is 5.31. The third-order valence-corrected chi connectivity index (χ3v) is 0.898. The number of hydrogen-bond acceptors (Lipinski definition) is 5. The first-order valence-corrected chi connectivity index (χ1v) is 3.40. The van der Waals surface area contributed by atoms with Gasteiger partial charge in [0.1, 0.15) is 0 Å². The summed E-state index contributed by atoms with van der Waals surface area (Å²) >= 11 is 0. The molecule has 0 amide bonds. The Morgan fingerprint density at radius 2 is 1.73 bits per heavy atom. The Bertz CT molecular complexity index is 77.4. The summed E-state index contributed by atoms with van der Waals surface area (Å²) < 4.78 is 9.37. The zero-order valence-electron chi connectivity index (χ0n) is 6.27. The molecular formula is C6H14O5. The Morgan fingerprint density at radius 3 is 2.27 bits per heavy atom. The van der Waals surface area contributed by atoms with Crippen molar-refractivity contribution in [3.8, 4) is 0 Å². The molecule has 0 fully saturated rings. The van der Waals surface area contributed by atoms with Crippen molar-refractivity contribution < 1.29 is 24.8 Å². The third-order valence-electron chi connectivity index (χ3n) is 0.898. The zero-order valence-corrected chi connectivity index (χ0v) is 6.27. The van der Waals surface area contributed by atoms with Crippen LogP contribution in [0.2, 0.25) is 0 Å². The monoisotopic (exact) mass is 166 g/mol. The zero-order chi connectivity index (χ0) is 8.53. The van der Waals surface area contributed by atoms with Crippen LogP contribution >= 0.6 is 0 Å². The van der Waals surface area contributed by atoms with Crippen LogP contribution < -0.4 is 0 Å². The molecule has 0 aromatic heterocycles. The van der Waals surface area contributed by atoms with Gasteiger partial charge in [-0.15, -0.1) is 0 Å². The van der Waals surface area contributed by atoms with Gasteiger partial charge in [-0.1, -0.05) is 0 Å². The van der Waals surface area contributed by atoms with E-state index in [2.05, 4.69) is 4.74 Å². The fraction of sp³-hybridized carbons (Fsp3) is 1.00. The summed E-state index contributed by atoms with van der Waals surface area (Å²) in [5, 5.41) is 25.4. The quantitative estimate of drug-likeness (QED) is 0.311. The second kappa shape index (κ2) is 7.90. The molecule has 1 unspecified atom stereocenters. The van der Waals surface area contributed by atoms with Gasteiger partial charge in [0.05, 0.1) is 33.0 Å². The average Bonchev–Trinajstić information content (AvgIpc) is 2.01. The highest BCUT2D eigenvalue weighted by atomic mass is 16.6. The molecule has 0 spiro atoms. The van der Waals surface area contributed by atoms with Crippen LogP contribution in [-0.4, -0.2) is 54.6 Å². The normalized spacial score (nSPS) is 13.4. The molecule has 1 atom stereocenters. The lowest BCUT2D eigenvalue weighted by atomic mass is 10.6. The van der Waals surface area contributed by atoms with Gasteiger partial charge < -0.3 is 24.8 Å². The SMILES string of the molecule is OCCOCC(O)OCCO. The average molecular weight is 166 g/mol. The topological polar surface area (TPSA) is 79.2 Å². The van der Waals surface area contributed by atoms with Gasteiger partial charge in [-0.25, -0.2) is 0 Å². The molecule has 0 bridgehead atoms. The van der Waals surface area contributed by atoms with E-state index in [-0.39, 0.29) is 33.0 Å². The van der Waals surface area contributed by atoms with Crippen molar-refractivity contribution in [2.45, 2.75) is 6.29 Å². The second-order valence-corrected chi connectivity index (χ2v) is 1.85. The molecule has 0 radical (unpaired) electrons. The van der Waals surface area contributed by atoms with Gasteiger partial charge in [-0.3, -0.25) is 0 Å². The van der Waals surface area contributed by atoms with E-state index in [1.807, 2.05) is 0 Å². The molecule has 0 aromatic rings. The van der Waals surface area contributed by atoms with Crippen LogP contribution in [0.1, 0.15) is 0 Å². The minimum atomic E-state index is -1.02. The number of rotatable bonds is 7. The summed E-state index contributed by atoms with van der Waals surface area (Å²) in [6.45, 7) is 0.0769. The van der Waals surface area contributed by atoms with Crippen LogP contribution in [0.3, 0.4) is 0 Å². The molecule has 0 aliphatic carbocycles. The summed E-state index contributed by atoms with van der Waals surface area (Å²) in [6.07, 6.45) is -1.02. The molecule has 0 heterocycles. The molecule has 3 N–H and O–H groups in total.